The molecular weight excluding hydrogens is 204 g/mol. The van der Waals surface area contributed by atoms with Crippen LogP contribution in [0.2, 0.25) is 0 Å². The number of thioether (sulfide) groups is 1. The molecule has 2 N–H and O–H groups in total. The highest BCUT2D eigenvalue weighted by atomic mass is 32.2. The summed E-state index contributed by atoms with van der Waals surface area (Å²) in [4.78, 5) is 2.27. The Labute approximate surface area is 96.8 Å². The molecule has 1 atom stereocenters. The Bertz CT molecular complexity index is 299. The number of nitrogens with two attached hydrogens (primary N) is 1. The van der Waals surface area contributed by atoms with Gasteiger partial charge in [0.05, 0.1) is 0 Å². The molecule has 84 valence electrons. The molecular formula is C12H20N2S. The fourth-order valence-corrected chi connectivity index (χ4v) is 2.03. The molecule has 0 radical (unpaired) electrons. The van der Waals surface area contributed by atoms with Crippen LogP contribution in [-0.4, -0.2) is 25.6 Å². The second-order valence-electron chi connectivity index (χ2n) is 3.76. The molecule has 0 heterocycles. The summed E-state index contributed by atoms with van der Waals surface area (Å²) >= 11 is 1.87. The maximum absolute atomic E-state index is 5.95. The average molecular weight is 224 g/mol. The van der Waals surface area contributed by atoms with Crippen molar-refractivity contribution in [3.8, 4) is 0 Å². The second kappa shape index (κ2) is 6.03. The Morgan fingerprint density at radius 3 is 2.67 bits per heavy atom. The van der Waals surface area contributed by atoms with E-state index in [2.05, 4.69) is 36.4 Å². The standard InChI is InChI=1S/C12H20N2S/c1-10(13)11-6-4-5-7-12(11)14(2)8-9-15-3/h4-7,10H,8-9,13H2,1-3H3/t10-/m0/s1. The lowest BCUT2D eigenvalue weighted by Gasteiger charge is -2.23. The van der Waals surface area contributed by atoms with Gasteiger partial charge in [-0.2, -0.15) is 11.8 Å². The number of anilines is 1. The van der Waals surface area contributed by atoms with Gasteiger partial charge in [0.15, 0.2) is 0 Å². The summed E-state index contributed by atoms with van der Waals surface area (Å²) in [5, 5.41) is 0. The molecule has 1 aromatic carbocycles. The molecule has 0 aliphatic carbocycles. The fourth-order valence-electron chi connectivity index (χ4n) is 1.57. The van der Waals surface area contributed by atoms with Crippen molar-refractivity contribution in [2.45, 2.75) is 13.0 Å². The van der Waals surface area contributed by atoms with E-state index in [4.69, 9.17) is 5.73 Å². The van der Waals surface area contributed by atoms with Gasteiger partial charge in [-0.1, -0.05) is 18.2 Å². The molecule has 0 amide bonds. The van der Waals surface area contributed by atoms with Crippen molar-refractivity contribution in [3.63, 3.8) is 0 Å². The maximum Gasteiger partial charge on any atom is 0.0412 e. The van der Waals surface area contributed by atoms with Crippen LogP contribution in [0.5, 0.6) is 0 Å². The number of rotatable bonds is 5. The van der Waals surface area contributed by atoms with Gasteiger partial charge in [0.1, 0.15) is 0 Å². The van der Waals surface area contributed by atoms with E-state index in [1.165, 1.54) is 11.3 Å². The van der Waals surface area contributed by atoms with Gasteiger partial charge in [0.2, 0.25) is 0 Å². The van der Waals surface area contributed by atoms with E-state index in [9.17, 15) is 0 Å². The third-order valence-corrected chi connectivity index (χ3v) is 3.06. The Hall–Kier alpha value is -0.670. The zero-order valence-corrected chi connectivity index (χ0v) is 10.6. The van der Waals surface area contributed by atoms with Crippen LogP contribution in [0.25, 0.3) is 0 Å². The van der Waals surface area contributed by atoms with Crippen molar-refractivity contribution < 1.29 is 0 Å². The number of hydrogen-bond donors (Lipinski definition) is 1. The lowest BCUT2D eigenvalue weighted by atomic mass is 10.1. The van der Waals surface area contributed by atoms with Gasteiger partial charge in [-0.25, -0.2) is 0 Å². The summed E-state index contributed by atoms with van der Waals surface area (Å²) in [6.07, 6.45) is 2.13. The summed E-state index contributed by atoms with van der Waals surface area (Å²) < 4.78 is 0. The summed E-state index contributed by atoms with van der Waals surface area (Å²) in [6, 6.07) is 8.45. The van der Waals surface area contributed by atoms with E-state index in [1.807, 2.05) is 24.8 Å². The van der Waals surface area contributed by atoms with Crippen LogP contribution in [0.4, 0.5) is 5.69 Å². The molecule has 0 unspecified atom stereocenters. The van der Waals surface area contributed by atoms with Gasteiger partial charge in [-0.05, 0) is 24.8 Å². The predicted octanol–water partition coefficient (Wildman–Crippen LogP) is 2.51. The van der Waals surface area contributed by atoms with E-state index in [-0.39, 0.29) is 6.04 Å². The molecule has 15 heavy (non-hydrogen) atoms. The van der Waals surface area contributed by atoms with Crippen molar-refractivity contribution in [1.82, 2.24) is 0 Å². The van der Waals surface area contributed by atoms with Gasteiger partial charge < -0.3 is 10.6 Å². The molecule has 3 heteroatoms. The Morgan fingerprint density at radius 1 is 1.40 bits per heavy atom. The minimum absolute atomic E-state index is 0.0953. The second-order valence-corrected chi connectivity index (χ2v) is 4.75. The molecule has 0 fully saturated rings. The predicted molar refractivity (Wildman–Crippen MR) is 70.7 cm³/mol. The van der Waals surface area contributed by atoms with Crippen LogP contribution in [-0.2, 0) is 0 Å². The number of benzene rings is 1. The van der Waals surface area contributed by atoms with Crippen LogP contribution in [0, 0.1) is 0 Å². The highest BCUT2D eigenvalue weighted by Gasteiger charge is 2.09. The number of nitrogens with zero attached hydrogens (tertiary/aromatic N) is 1. The average Bonchev–Trinajstić information content (AvgIpc) is 2.25. The van der Waals surface area contributed by atoms with Crippen LogP contribution in [0.15, 0.2) is 24.3 Å². The molecule has 2 nitrogen and oxygen atoms in total. The fraction of sp³-hybridized carbons (Fsp3) is 0.500. The first-order chi connectivity index (χ1) is 7.16. The lowest BCUT2D eigenvalue weighted by molar-refractivity contribution is 0.807. The molecule has 0 aliphatic rings. The smallest absolute Gasteiger partial charge is 0.0412 e. The van der Waals surface area contributed by atoms with Gasteiger partial charge in [0.25, 0.3) is 0 Å². The van der Waals surface area contributed by atoms with E-state index in [1.54, 1.807) is 0 Å². The molecule has 0 bridgehead atoms. The largest absolute Gasteiger partial charge is 0.373 e. The van der Waals surface area contributed by atoms with E-state index in [0.29, 0.717) is 0 Å². The highest BCUT2D eigenvalue weighted by Crippen LogP contribution is 2.23. The summed E-state index contributed by atoms with van der Waals surface area (Å²) in [6.45, 7) is 3.09. The first-order valence-corrected chi connectivity index (χ1v) is 6.60. The van der Waals surface area contributed by atoms with Crippen molar-refractivity contribution in [2.75, 3.05) is 30.5 Å². The van der Waals surface area contributed by atoms with Gasteiger partial charge in [-0.15, -0.1) is 0 Å². The maximum atomic E-state index is 5.95. The molecule has 0 spiro atoms. The summed E-state index contributed by atoms with van der Waals surface area (Å²) in [7, 11) is 2.12. The zero-order valence-electron chi connectivity index (χ0n) is 9.73. The molecule has 1 aromatic rings. The molecule has 1 rings (SSSR count). The lowest BCUT2D eigenvalue weighted by Crippen LogP contribution is -2.23. The molecule has 0 saturated carbocycles. The molecule has 0 aromatic heterocycles. The Balaban J connectivity index is 2.82. The summed E-state index contributed by atoms with van der Waals surface area (Å²) in [5.41, 5.74) is 8.42. The van der Waals surface area contributed by atoms with Gasteiger partial charge in [0, 0.05) is 31.1 Å². The minimum Gasteiger partial charge on any atom is -0.373 e. The van der Waals surface area contributed by atoms with E-state index in [0.717, 1.165) is 12.3 Å². The molecule has 0 saturated heterocycles. The monoisotopic (exact) mass is 224 g/mol. The summed E-state index contributed by atoms with van der Waals surface area (Å²) in [5.74, 6) is 1.14. The first kappa shape index (κ1) is 12.4. The Morgan fingerprint density at radius 2 is 2.07 bits per heavy atom. The zero-order chi connectivity index (χ0) is 11.3. The minimum atomic E-state index is 0.0953. The van der Waals surface area contributed by atoms with Crippen molar-refractivity contribution in [1.29, 1.82) is 0 Å². The van der Waals surface area contributed by atoms with Crippen LogP contribution in [0.3, 0.4) is 0 Å². The third kappa shape index (κ3) is 3.43. The van der Waals surface area contributed by atoms with Crippen LogP contribution < -0.4 is 10.6 Å². The van der Waals surface area contributed by atoms with Crippen LogP contribution in [0.1, 0.15) is 18.5 Å². The quantitative estimate of drug-likeness (QED) is 0.833. The van der Waals surface area contributed by atoms with E-state index >= 15 is 0 Å². The normalized spacial score (nSPS) is 12.5. The first-order valence-electron chi connectivity index (χ1n) is 5.21. The third-order valence-electron chi connectivity index (χ3n) is 2.47. The van der Waals surface area contributed by atoms with Crippen LogP contribution >= 0.6 is 11.8 Å². The van der Waals surface area contributed by atoms with E-state index < -0.39 is 0 Å². The highest BCUT2D eigenvalue weighted by molar-refractivity contribution is 7.98. The Kier molecular flexibility index (Phi) is 4.99. The SMILES string of the molecule is CSCCN(C)c1ccccc1[C@H](C)N. The number of hydrogen-bond acceptors (Lipinski definition) is 3. The topological polar surface area (TPSA) is 29.3 Å². The van der Waals surface area contributed by atoms with Gasteiger partial charge >= 0.3 is 0 Å². The van der Waals surface area contributed by atoms with Gasteiger partial charge in [-0.3, -0.25) is 0 Å². The molecule has 0 aliphatic heterocycles. The number of para-hydroxylation sites is 1. The van der Waals surface area contributed by atoms with Crippen molar-refractivity contribution >= 4 is 17.4 Å². The van der Waals surface area contributed by atoms with Crippen molar-refractivity contribution in [3.05, 3.63) is 29.8 Å². The van der Waals surface area contributed by atoms with Crippen molar-refractivity contribution in [2.24, 2.45) is 5.73 Å².